The van der Waals surface area contributed by atoms with Crippen LogP contribution in [0.15, 0.2) is 0 Å². The first kappa shape index (κ1) is 14.2. The van der Waals surface area contributed by atoms with Crippen LogP contribution in [0.4, 0.5) is 8.78 Å². The molecule has 1 heterocycles. The fourth-order valence-electron chi connectivity index (χ4n) is 2.99. The van der Waals surface area contributed by atoms with E-state index in [-0.39, 0.29) is 31.0 Å². The Balaban J connectivity index is 2.09. The minimum absolute atomic E-state index is 0.0390. The first-order chi connectivity index (χ1) is 8.80. The van der Waals surface area contributed by atoms with Crippen LogP contribution < -0.4 is 0 Å². The first-order valence-electron chi connectivity index (χ1n) is 6.71. The summed E-state index contributed by atoms with van der Waals surface area (Å²) in [5, 5.41) is 4.20. The maximum Gasteiger partial charge on any atom is 0.248 e. The summed E-state index contributed by atoms with van der Waals surface area (Å²) >= 11 is 0. The van der Waals surface area contributed by atoms with Crippen molar-refractivity contribution >= 4 is 5.78 Å². The molecule has 0 N–H and O–H groups in total. The van der Waals surface area contributed by atoms with E-state index in [9.17, 15) is 13.6 Å². The summed E-state index contributed by atoms with van der Waals surface area (Å²) in [5.74, 6) is -2.84. The zero-order valence-corrected chi connectivity index (χ0v) is 11.7. The summed E-state index contributed by atoms with van der Waals surface area (Å²) in [7, 11) is 1.79. The third kappa shape index (κ3) is 3.01. The van der Waals surface area contributed by atoms with Gasteiger partial charge in [0.25, 0.3) is 0 Å². The maximum absolute atomic E-state index is 13.3. The monoisotopic (exact) mass is 270 g/mol. The molecule has 1 saturated carbocycles. The minimum Gasteiger partial charge on any atom is -0.294 e. The Morgan fingerprint density at radius 2 is 2.16 bits per heavy atom. The van der Waals surface area contributed by atoms with E-state index >= 15 is 0 Å². The number of carbonyl (C=O) groups is 1. The maximum atomic E-state index is 13.3. The fourth-order valence-corrected chi connectivity index (χ4v) is 2.99. The Hall–Kier alpha value is -1.26. The Morgan fingerprint density at radius 1 is 1.47 bits per heavy atom. The molecule has 3 nitrogen and oxygen atoms in total. The van der Waals surface area contributed by atoms with Gasteiger partial charge in [0.15, 0.2) is 5.78 Å². The van der Waals surface area contributed by atoms with E-state index in [0.717, 1.165) is 12.1 Å². The molecular formula is C14H20F2N2O. The molecule has 1 unspecified atom stereocenters. The largest absolute Gasteiger partial charge is 0.294 e. The molecule has 19 heavy (non-hydrogen) atoms. The standard InChI is InChI=1S/C14H20F2N2O/c1-9-13(10(2)18(3)17-9)12(19)7-11-5-4-6-14(15,16)8-11/h11H,4-8H2,1-3H3. The van der Waals surface area contributed by atoms with Gasteiger partial charge in [-0.25, -0.2) is 8.78 Å². The van der Waals surface area contributed by atoms with Gasteiger partial charge in [-0.3, -0.25) is 9.48 Å². The smallest absolute Gasteiger partial charge is 0.248 e. The highest BCUT2D eigenvalue weighted by Gasteiger charge is 2.37. The van der Waals surface area contributed by atoms with Crippen molar-refractivity contribution in [3.8, 4) is 0 Å². The van der Waals surface area contributed by atoms with Crippen LogP contribution in [-0.2, 0) is 7.05 Å². The van der Waals surface area contributed by atoms with E-state index in [1.165, 1.54) is 0 Å². The summed E-state index contributed by atoms with van der Waals surface area (Å²) in [6, 6.07) is 0. The molecule has 0 aromatic carbocycles. The molecule has 0 spiro atoms. The summed E-state index contributed by atoms with van der Waals surface area (Å²) in [6.45, 7) is 3.62. The number of Topliss-reactive ketones (excluding diaryl/α,β-unsaturated/α-hetero) is 1. The molecule has 1 fully saturated rings. The number of carbonyl (C=O) groups excluding carboxylic acids is 1. The van der Waals surface area contributed by atoms with Crippen molar-refractivity contribution < 1.29 is 13.6 Å². The van der Waals surface area contributed by atoms with Gasteiger partial charge >= 0.3 is 0 Å². The van der Waals surface area contributed by atoms with Gasteiger partial charge in [-0.2, -0.15) is 5.10 Å². The Kier molecular flexibility index (Phi) is 3.74. The number of aryl methyl sites for hydroxylation is 2. The van der Waals surface area contributed by atoms with Gasteiger partial charge in [0.05, 0.1) is 11.3 Å². The normalized spacial score (nSPS) is 22.5. The average molecular weight is 270 g/mol. The highest BCUT2D eigenvalue weighted by Crippen LogP contribution is 2.38. The van der Waals surface area contributed by atoms with Crippen molar-refractivity contribution in [1.29, 1.82) is 0 Å². The highest BCUT2D eigenvalue weighted by molar-refractivity contribution is 5.98. The average Bonchev–Trinajstić information content (AvgIpc) is 2.51. The van der Waals surface area contributed by atoms with Gasteiger partial charge in [-0.1, -0.05) is 0 Å². The number of hydrogen-bond donors (Lipinski definition) is 0. The van der Waals surface area contributed by atoms with Crippen LogP contribution in [0.3, 0.4) is 0 Å². The van der Waals surface area contributed by atoms with E-state index in [1.54, 1.807) is 18.7 Å². The van der Waals surface area contributed by atoms with E-state index in [4.69, 9.17) is 0 Å². The van der Waals surface area contributed by atoms with Gasteiger partial charge in [0, 0.05) is 32.0 Å². The van der Waals surface area contributed by atoms with Crippen LogP contribution in [0.1, 0.15) is 53.8 Å². The van der Waals surface area contributed by atoms with E-state index in [0.29, 0.717) is 17.7 Å². The predicted octanol–water partition coefficient (Wildman–Crippen LogP) is 3.44. The second-order valence-corrected chi connectivity index (χ2v) is 5.62. The summed E-state index contributed by atoms with van der Waals surface area (Å²) in [5.41, 5.74) is 2.11. The van der Waals surface area contributed by atoms with Crippen molar-refractivity contribution in [2.45, 2.75) is 51.9 Å². The minimum atomic E-state index is -2.60. The van der Waals surface area contributed by atoms with Crippen LogP contribution >= 0.6 is 0 Å². The van der Waals surface area contributed by atoms with Crippen LogP contribution in [0, 0.1) is 19.8 Å². The molecule has 1 atom stereocenters. The van der Waals surface area contributed by atoms with Gasteiger partial charge < -0.3 is 0 Å². The van der Waals surface area contributed by atoms with Gasteiger partial charge in [-0.15, -0.1) is 0 Å². The number of nitrogens with zero attached hydrogens (tertiary/aromatic N) is 2. The number of hydrogen-bond acceptors (Lipinski definition) is 2. The van der Waals surface area contributed by atoms with Crippen molar-refractivity contribution in [2.24, 2.45) is 13.0 Å². The molecule has 1 aromatic rings. The quantitative estimate of drug-likeness (QED) is 0.789. The van der Waals surface area contributed by atoms with Crippen LogP contribution in [-0.4, -0.2) is 21.5 Å². The van der Waals surface area contributed by atoms with Crippen molar-refractivity contribution in [3.63, 3.8) is 0 Å². The van der Waals surface area contributed by atoms with Crippen molar-refractivity contribution in [2.75, 3.05) is 0 Å². The lowest BCUT2D eigenvalue weighted by Crippen LogP contribution is -2.27. The van der Waals surface area contributed by atoms with E-state index in [1.807, 2.05) is 6.92 Å². The van der Waals surface area contributed by atoms with Gasteiger partial charge in [0.2, 0.25) is 5.92 Å². The molecule has 106 valence electrons. The van der Waals surface area contributed by atoms with Crippen LogP contribution in [0.5, 0.6) is 0 Å². The van der Waals surface area contributed by atoms with Crippen molar-refractivity contribution in [1.82, 2.24) is 9.78 Å². The molecule has 0 radical (unpaired) electrons. The molecule has 5 heteroatoms. The summed E-state index contributed by atoms with van der Waals surface area (Å²) < 4.78 is 28.3. The van der Waals surface area contributed by atoms with Gasteiger partial charge in [-0.05, 0) is 32.6 Å². The zero-order chi connectivity index (χ0) is 14.2. The number of halogens is 2. The molecule has 0 aliphatic heterocycles. The topological polar surface area (TPSA) is 34.9 Å². The molecule has 0 amide bonds. The molecule has 1 aromatic heterocycles. The van der Waals surface area contributed by atoms with E-state index < -0.39 is 5.92 Å². The molecule has 2 rings (SSSR count). The first-order valence-corrected chi connectivity index (χ1v) is 6.71. The van der Waals surface area contributed by atoms with Crippen LogP contribution in [0.25, 0.3) is 0 Å². The fraction of sp³-hybridized carbons (Fsp3) is 0.714. The molecule has 0 bridgehead atoms. The summed E-state index contributed by atoms with van der Waals surface area (Å²) in [6.07, 6.45) is 1.25. The number of rotatable bonds is 3. The molecular weight excluding hydrogens is 250 g/mol. The Bertz CT molecular complexity index is 494. The summed E-state index contributed by atoms with van der Waals surface area (Å²) in [4.78, 5) is 12.3. The number of aromatic nitrogens is 2. The number of alkyl halides is 2. The van der Waals surface area contributed by atoms with Crippen LogP contribution in [0.2, 0.25) is 0 Å². The Morgan fingerprint density at radius 3 is 2.68 bits per heavy atom. The van der Waals surface area contributed by atoms with E-state index in [2.05, 4.69) is 5.10 Å². The lowest BCUT2D eigenvalue weighted by molar-refractivity contribution is -0.0521. The van der Waals surface area contributed by atoms with Gasteiger partial charge in [0.1, 0.15) is 0 Å². The third-order valence-electron chi connectivity index (χ3n) is 4.00. The lowest BCUT2D eigenvalue weighted by Gasteiger charge is -2.28. The second kappa shape index (κ2) is 5.02. The lowest BCUT2D eigenvalue weighted by atomic mass is 9.82. The zero-order valence-electron chi connectivity index (χ0n) is 11.7. The SMILES string of the molecule is Cc1nn(C)c(C)c1C(=O)CC1CCCC(F)(F)C1. The Labute approximate surface area is 112 Å². The third-order valence-corrected chi connectivity index (χ3v) is 4.00. The predicted molar refractivity (Wildman–Crippen MR) is 68.5 cm³/mol. The number of ketones is 1. The second-order valence-electron chi connectivity index (χ2n) is 5.62. The highest BCUT2D eigenvalue weighted by atomic mass is 19.3. The molecule has 1 aliphatic rings. The molecule has 1 aliphatic carbocycles. The van der Waals surface area contributed by atoms with Crippen molar-refractivity contribution in [3.05, 3.63) is 17.0 Å². The molecule has 0 saturated heterocycles.